The second kappa shape index (κ2) is 3.94. The predicted octanol–water partition coefficient (Wildman–Crippen LogP) is 2.63. The molecule has 0 saturated heterocycles. The molecule has 0 aromatic carbocycles. The second-order valence-electron chi connectivity index (χ2n) is 3.22. The molecule has 1 unspecified atom stereocenters. The van der Waals surface area contributed by atoms with Gasteiger partial charge in [-0.15, -0.1) is 0 Å². The van der Waals surface area contributed by atoms with E-state index in [9.17, 15) is 4.79 Å². The molecular formula is C9H13ClO2. The van der Waals surface area contributed by atoms with Crippen LogP contribution < -0.4 is 0 Å². The first-order valence-corrected chi connectivity index (χ1v) is 4.56. The van der Waals surface area contributed by atoms with E-state index in [1.807, 2.05) is 6.92 Å². The number of carboxylic acid groups (broad SMARTS) is 1. The highest BCUT2D eigenvalue weighted by Gasteiger charge is 2.36. The first-order valence-electron chi connectivity index (χ1n) is 4.18. The number of aliphatic carboxylic acids is 1. The van der Waals surface area contributed by atoms with Crippen molar-refractivity contribution >= 4 is 17.6 Å². The van der Waals surface area contributed by atoms with Gasteiger partial charge in [0.15, 0.2) is 0 Å². The minimum atomic E-state index is -0.711. The van der Waals surface area contributed by atoms with Crippen LogP contribution in [0.5, 0.6) is 0 Å². The maximum absolute atomic E-state index is 10.7. The summed E-state index contributed by atoms with van der Waals surface area (Å²) >= 11 is 5.77. The lowest BCUT2D eigenvalue weighted by Gasteiger charge is -2.09. The predicted molar refractivity (Wildman–Crippen MR) is 48.1 cm³/mol. The maximum Gasteiger partial charge on any atom is 0.307 e. The Morgan fingerprint density at radius 2 is 2.33 bits per heavy atom. The maximum atomic E-state index is 10.7. The molecule has 1 saturated carbocycles. The summed E-state index contributed by atoms with van der Waals surface area (Å²) in [4.78, 5) is 10.7. The van der Waals surface area contributed by atoms with Crippen LogP contribution >= 0.6 is 11.6 Å². The zero-order valence-electron chi connectivity index (χ0n) is 7.09. The van der Waals surface area contributed by atoms with Crippen LogP contribution in [0.2, 0.25) is 0 Å². The molecule has 1 atom stereocenters. The molecule has 0 heterocycles. The number of allylic oxidation sites excluding steroid dienone is 2. The highest BCUT2D eigenvalue weighted by molar-refractivity contribution is 6.29. The third kappa shape index (κ3) is 2.52. The van der Waals surface area contributed by atoms with Gasteiger partial charge < -0.3 is 5.11 Å². The molecule has 0 amide bonds. The van der Waals surface area contributed by atoms with E-state index in [1.54, 1.807) is 6.08 Å². The normalized spacial score (nSPS) is 20.7. The van der Waals surface area contributed by atoms with E-state index >= 15 is 0 Å². The molecular weight excluding hydrogens is 176 g/mol. The second-order valence-corrected chi connectivity index (χ2v) is 3.71. The van der Waals surface area contributed by atoms with Gasteiger partial charge in [0, 0.05) is 5.03 Å². The molecule has 12 heavy (non-hydrogen) atoms. The first kappa shape index (κ1) is 9.59. The standard InChI is InChI=1S/C9H13ClO2/c1-2-7(10)5-8(9(11)12)6-3-4-6/h2,6,8H,3-5H2,1H3,(H,11,12). The van der Waals surface area contributed by atoms with Gasteiger partial charge in [0.1, 0.15) is 0 Å². The van der Waals surface area contributed by atoms with Crippen molar-refractivity contribution in [1.82, 2.24) is 0 Å². The van der Waals surface area contributed by atoms with Crippen molar-refractivity contribution in [3.8, 4) is 0 Å². The molecule has 3 heteroatoms. The van der Waals surface area contributed by atoms with Gasteiger partial charge in [0.25, 0.3) is 0 Å². The average Bonchev–Trinajstić information content (AvgIpc) is 2.81. The van der Waals surface area contributed by atoms with Crippen LogP contribution in [0.1, 0.15) is 26.2 Å². The van der Waals surface area contributed by atoms with Crippen molar-refractivity contribution in [3.63, 3.8) is 0 Å². The molecule has 1 rings (SSSR count). The Kier molecular flexibility index (Phi) is 3.15. The van der Waals surface area contributed by atoms with E-state index in [1.165, 1.54) is 0 Å². The van der Waals surface area contributed by atoms with E-state index in [4.69, 9.17) is 16.7 Å². The molecule has 68 valence electrons. The number of halogens is 1. The molecule has 0 spiro atoms. The van der Waals surface area contributed by atoms with E-state index < -0.39 is 5.97 Å². The Balaban J connectivity index is 2.48. The lowest BCUT2D eigenvalue weighted by molar-refractivity contribution is -0.142. The Hall–Kier alpha value is -0.500. The number of hydrogen-bond donors (Lipinski definition) is 1. The summed E-state index contributed by atoms with van der Waals surface area (Å²) in [5.74, 6) is -0.595. The summed E-state index contributed by atoms with van der Waals surface area (Å²) < 4.78 is 0. The Bertz CT molecular complexity index is 207. The fourth-order valence-electron chi connectivity index (χ4n) is 1.28. The largest absolute Gasteiger partial charge is 0.481 e. The molecule has 2 nitrogen and oxygen atoms in total. The van der Waals surface area contributed by atoms with Gasteiger partial charge in [-0.25, -0.2) is 0 Å². The van der Waals surface area contributed by atoms with Crippen molar-refractivity contribution < 1.29 is 9.90 Å². The monoisotopic (exact) mass is 188 g/mol. The van der Waals surface area contributed by atoms with Crippen LogP contribution in [-0.2, 0) is 4.79 Å². The summed E-state index contributed by atoms with van der Waals surface area (Å²) in [7, 11) is 0. The molecule has 1 aliphatic rings. The van der Waals surface area contributed by atoms with E-state index in [0.717, 1.165) is 12.8 Å². The van der Waals surface area contributed by atoms with Crippen molar-refractivity contribution in [2.45, 2.75) is 26.2 Å². The van der Waals surface area contributed by atoms with Gasteiger partial charge in [-0.05, 0) is 32.1 Å². The van der Waals surface area contributed by atoms with Crippen LogP contribution in [0.3, 0.4) is 0 Å². The van der Waals surface area contributed by atoms with Gasteiger partial charge in [0.2, 0.25) is 0 Å². The van der Waals surface area contributed by atoms with Crippen molar-refractivity contribution in [3.05, 3.63) is 11.1 Å². The number of hydrogen-bond acceptors (Lipinski definition) is 1. The number of carbonyl (C=O) groups is 1. The van der Waals surface area contributed by atoms with E-state index in [2.05, 4.69) is 0 Å². The molecule has 1 fully saturated rings. The first-order chi connectivity index (χ1) is 5.65. The summed E-state index contributed by atoms with van der Waals surface area (Å²) in [5.41, 5.74) is 0. The summed E-state index contributed by atoms with van der Waals surface area (Å²) in [6, 6.07) is 0. The van der Waals surface area contributed by atoms with E-state index in [0.29, 0.717) is 17.4 Å². The van der Waals surface area contributed by atoms with Crippen molar-refractivity contribution in [2.24, 2.45) is 11.8 Å². The van der Waals surface area contributed by atoms with Crippen LogP contribution in [0.25, 0.3) is 0 Å². The minimum Gasteiger partial charge on any atom is -0.481 e. The molecule has 0 aromatic heterocycles. The molecule has 0 radical (unpaired) electrons. The van der Waals surface area contributed by atoms with Gasteiger partial charge in [-0.3, -0.25) is 4.79 Å². The average molecular weight is 189 g/mol. The fraction of sp³-hybridized carbons (Fsp3) is 0.667. The summed E-state index contributed by atoms with van der Waals surface area (Å²) in [6.07, 6.45) is 4.35. The van der Waals surface area contributed by atoms with Gasteiger partial charge in [-0.1, -0.05) is 17.7 Å². The van der Waals surface area contributed by atoms with Gasteiger partial charge in [-0.2, -0.15) is 0 Å². The lowest BCUT2D eigenvalue weighted by atomic mass is 10.00. The SMILES string of the molecule is CC=C(Cl)CC(C(=O)O)C1CC1. The minimum absolute atomic E-state index is 0.256. The van der Waals surface area contributed by atoms with Crippen molar-refractivity contribution in [1.29, 1.82) is 0 Å². The highest BCUT2D eigenvalue weighted by Crippen LogP contribution is 2.40. The van der Waals surface area contributed by atoms with Crippen molar-refractivity contribution in [2.75, 3.05) is 0 Å². The number of carboxylic acids is 1. The van der Waals surface area contributed by atoms with Crippen LogP contribution in [0, 0.1) is 11.8 Å². The van der Waals surface area contributed by atoms with Crippen LogP contribution in [0.15, 0.2) is 11.1 Å². The summed E-state index contributed by atoms with van der Waals surface area (Å²) in [6.45, 7) is 1.83. The third-order valence-electron chi connectivity index (χ3n) is 2.24. The quantitative estimate of drug-likeness (QED) is 0.737. The zero-order valence-corrected chi connectivity index (χ0v) is 7.84. The van der Waals surface area contributed by atoms with E-state index in [-0.39, 0.29) is 5.92 Å². The molecule has 0 aromatic rings. The fourth-order valence-corrected chi connectivity index (χ4v) is 1.45. The topological polar surface area (TPSA) is 37.3 Å². The smallest absolute Gasteiger partial charge is 0.307 e. The summed E-state index contributed by atoms with van der Waals surface area (Å²) in [5, 5.41) is 9.50. The molecule has 1 aliphatic carbocycles. The Morgan fingerprint density at radius 3 is 2.67 bits per heavy atom. The third-order valence-corrected chi connectivity index (χ3v) is 2.61. The zero-order chi connectivity index (χ0) is 9.14. The highest BCUT2D eigenvalue weighted by atomic mass is 35.5. The lowest BCUT2D eigenvalue weighted by Crippen LogP contribution is -2.15. The number of rotatable bonds is 4. The van der Waals surface area contributed by atoms with Crippen LogP contribution in [0.4, 0.5) is 0 Å². The van der Waals surface area contributed by atoms with Gasteiger partial charge in [0.05, 0.1) is 5.92 Å². The Morgan fingerprint density at radius 1 is 1.75 bits per heavy atom. The molecule has 1 N–H and O–H groups in total. The Labute approximate surface area is 77.2 Å². The molecule has 0 aliphatic heterocycles. The van der Waals surface area contributed by atoms with Crippen LogP contribution in [-0.4, -0.2) is 11.1 Å². The van der Waals surface area contributed by atoms with Gasteiger partial charge >= 0.3 is 5.97 Å². The molecule has 0 bridgehead atoms.